The van der Waals surface area contributed by atoms with Crippen LogP contribution in [0.25, 0.3) is 0 Å². The molecule has 0 atom stereocenters. The summed E-state index contributed by atoms with van der Waals surface area (Å²) in [6.07, 6.45) is 0. The van der Waals surface area contributed by atoms with E-state index in [2.05, 4.69) is 5.32 Å². The molecule has 0 spiro atoms. The van der Waals surface area contributed by atoms with Crippen LogP contribution in [-0.2, 0) is 11.3 Å². The second kappa shape index (κ2) is 8.50. The van der Waals surface area contributed by atoms with E-state index in [1.165, 1.54) is 18.4 Å². The Bertz CT molecular complexity index is 1020. The predicted octanol–water partition coefficient (Wildman–Crippen LogP) is 5.23. The number of carbonyl (C=O) groups excluding carboxylic acids is 2. The maximum Gasteiger partial charge on any atom is 0.340 e. The van der Waals surface area contributed by atoms with Gasteiger partial charge in [0.1, 0.15) is 23.1 Å². The quantitative estimate of drug-likeness (QED) is 0.553. The number of thiophene rings is 1. The van der Waals surface area contributed by atoms with Crippen molar-refractivity contribution in [3.63, 3.8) is 0 Å². The molecule has 0 aliphatic heterocycles. The number of aryl methyl sites for hydroxylation is 2. The van der Waals surface area contributed by atoms with E-state index in [0.29, 0.717) is 27.1 Å². The van der Waals surface area contributed by atoms with Gasteiger partial charge in [-0.25, -0.2) is 4.79 Å². The van der Waals surface area contributed by atoms with E-state index >= 15 is 0 Å². The summed E-state index contributed by atoms with van der Waals surface area (Å²) in [6, 6.07) is 10.2. The van der Waals surface area contributed by atoms with E-state index in [-0.39, 0.29) is 12.4 Å². The van der Waals surface area contributed by atoms with Crippen molar-refractivity contribution in [1.82, 2.24) is 0 Å². The molecule has 0 unspecified atom stereocenters. The molecule has 3 aromatic rings. The van der Waals surface area contributed by atoms with Gasteiger partial charge in [-0.2, -0.15) is 0 Å². The van der Waals surface area contributed by atoms with Gasteiger partial charge in [0.2, 0.25) is 0 Å². The molecular formula is C20H18ClNO5S. The summed E-state index contributed by atoms with van der Waals surface area (Å²) in [4.78, 5) is 25.2. The van der Waals surface area contributed by atoms with Crippen molar-refractivity contribution < 1.29 is 23.5 Å². The van der Waals surface area contributed by atoms with Gasteiger partial charge in [0.25, 0.3) is 5.91 Å². The zero-order chi connectivity index (χ0) is 20.3. The van der Waals surface area contributed by atoms with Crippen LogP contribution in [0.15, 0.2) is 40.8 Å². The average molecular weight is 420 g/mol. The monoisotopic (exact) mass is 419 g/mol. The van der Waals surface area contributed by atoms with Crippen molar-refractivity contribution in [1.29, 1.82) is 0 Å². The number of methoxy groups -OCH3 is 1. The number of benzene rings is 1. The number of rotatable bonds is 6. The molecule has 1 aromatic carbocycles. The van der Waals surface area contributed by atoms with Crippen LogP contribution in [0.1, 0.15) is 37.1 Å². The van der Waals surface area contributed by atoms with Crippen molar-refractivity contribution >= 4 is 39.8 Å². The zero-order valence-corrected chi connectivity index (χ0v) is 17.1. The number of anilines is 1. The van der Waals surface area contributed by atoms with Crippen LogP contribution in [0.5, 0.6) is 5.75 Å². The lowest BCUT2D eigenvalue weighted by Crippen LogP contribution is -2.13. The SMILES string of the molecule is COC(=O)c1cc(C)sc1NC(=O)c1ccc(COc2ccc(Cl)cc2C)o1. The number of hydrogen-bond donors (Lipinski definition) is 1. The molecule has 3 rings (SSSR count). The first-order chi connectivity index (χ1) is 13.4. The largest absolute Gasteiger partial charge is 0.485 e. The van der Waals surface area contributed by atoms with Gasteiger partial charge in [-0.3, -0.25) is 4.79 Å². The molecule has 2 aromatic heterocycles. The second-order valence-electron chi connectivity index (χ2n) is 6.01. The van der Waals surface area contributed by atoms with Crippen molar-refractivity contribution in [3.8, 4) is 5.75 Å². The number of furan rings is 1. The molecule has 0 fully saturated rings. The first-order valence-electron chi connectivity index (χ1n) is 8.35. The molecule has 0 saturated carbocycles. The minimum absolute atomic E-state index is 0.119. The fraction of sp³-hybridized carbons (Fsp3) is 0.200. The Morgan fingerprint density at radius 3 is 2.68 bits per heavy atom. The lowest BCUT2D eigenvalue weighted by molar-refractivity contribution is 0.0602. The standard InChI is InChI=1S/C20H18ClNO5S/c1-11-8-13(21)4-6-16(11)26-10-14-5-7-17(27-14)18(23)22-19-15(20(24)25-3)9-12(2)28-19/h4-9H,10H2,1-3H3,(H,22,23). The fourth-order valence-corrected chi connectivity index (χ4v) is 3.66. The number of nitrogens with one attached hydrogen (secondary N) is 1. The Morgan fingerprint density at radius 1 is 1.18 bits per heavy atom. The van der Waals surface area contributed by atoms with E-state index in [1.807, 2.05) is 13.8 Å². The Labute approximate surface area is 171 Å². The van der Waals surface area contributed by atoms with Crippen LogP contribution in [0.2, 0.25) is 5.02 Å². The molecule has 8 heteroatoms. The summed E-state index contributed by atoms with van der Waals surface area (Å²) >= 11 is 7.22. The molecule has 0 bridgehead atoms. The lowest BCUT2D eigenvalue weighted by Gasteiger charge is -2.07. The smallest absolute Gasteiger partial charge is 0.340 e. The van der Waals surface area contributed by atoms with Gasteiger partial charge < -0.3 is 19.2 Å². The van der Waals surface area contributed by atoms with Gasteiger partial charge >= 0.3 is 5.97 Å². The third kappa shape index (κ3) is 4.55. The number of amides is 1. The molecule has 1 amide bonds. The Morgan fingerprint density at radius 2 is 1.96 bits per heavy atom. The number of ether oxygens (including phenoxy) is 2. The van der Waals surface area contributed by atoms with Crippen LogP contribution in [0.3, 0.4) is 0 Å². The van der Waals surface area contributed by atoms with Crippen LogP contribution in [-0.4, -0.2) is 19.0 Å². The Hall–Kier alpha value is -2.77. The zero-order valence-electron chi connectivity index (χ0n) is 15.5. The lowest BCUT2D eigenvalue weighted by atomic mass is 10.2. The van der Waals surface area contributed by atoms with Crippen molar-refractivity contribution in [2.45, 2.75) is 20.5 Å². The summed E-state index contributed by atoms with van der Waals surface area (Å²) in [5.74, 6) is 0.333. The van der Waals surface area contributed by atoms with Gasteiger partial charge in [0.05, 0.1) is 12.7 Å². The highest BCUT2D eigenvalue weighted by Gasteiger charge is 2.19. The Kier molecular flexibility index (Phi) is 6.06. The molecule has 1 N–H and O–H groups in total. The van der Waals surface area contributed by atoms with E-state index in [4.69, 9.17) is 25.5 Å². The van der Waals surface area contributed by atoms with Crippen LogP contribution in [0.4, 0.5) is 5.00 Å². The summed E-state index contributed by atoms with van der Waals surface area (Å²) in [5.41, 5.74) is 1.21. The number of halogens is 1. The maximum atomic E-state index is 12.5. The van der Waals surface area contributed by atoms with E-state index in [0.717, 1.165) is 10.4 Å². The molecule has 28 heavy (non-hydrogen) atoms. The third-order valence-electron chi connectivity index (χ3n) is 3.88. The van der Waals surface area contributed by atoms with Gasteiger partial charge in [-0.05, 0) is 55.8 Å². The van der Waals surface area contributed by atoms with Gasteiger partial charge in [0, 0.05) is 9.90 Å². The second-order valence-corrected chi connectivity index (χ2v) is 7.70. The van der Waals surface area contributed by atoms with Crippen molar-refractivity contribution in [2.24, 2.45) is 0 Å². The first-order valence-corrected chi connectivity index (χ1v) is 9.54. The van der Waals surface area contributed by atoms with Crippen molar-refractivity contribution in [3.05, 3.63) is 68.9 Å². The highest BCUT2D eigenvalue weighted by Crippen LogP contribution is 2.29. The summed E-state index contributed by atoms with van der Waals surface area (Å²) in [6.45, 7) is 3.90. The van der Waals surface area contributed by atoms with Crippen LogP contribution in [0, 0.1) is 13.8 Å². The van der Waals surface area contributed by atoms with Crippen LogP contribution < -0.4 is 10.1 Å². The normalized spacial score (nSPS) is 10.6. The summed E-state index contributed by atoms with van der Waals surface area (Å²) in [5, 5.41) is 3.75. The molecule has 6 nitrogen and oxygen atoms in total. The van der Waals surface area contributed by atoms with E-state index < -0.39 is 11.9 Å². The molecule has 0 saturated heterocycles. The molecule has 2 heterocycles. The highest BCUT2D eigenvalue weighted by atomic mass is 35.5. The van der Waals surface area contributed by atoms with Crippen LogP contribution >= 0.6 is 22.9 Å². The molecular weight excluding hydrogens is 402 g/mol. The van der Waals surface area contributed by atoms with E-state index in [9.17, 15) is 9.59 Å². The average Bonchev–Trinajstić information content (AvgIpc) is 3.27. The van der Waals surface area contributed by atoms with Crippen molar-refractivity contribution in [2.75, 3.05) is 12.4 Å². The van der Waals surface area contributed by atoms with Gasteiger partial charge in [0.15, 0.2) is 5.76 Å². The number of esters is 1. The summed E-state index contributed by atoms with van der Waals surface area (Å²) in [7, 11) is 1.29. The molecule has 0 radical (unpaired) electrons. The molecule has 146 valence electrons. The molecule has 0 aliphatic carbocycles. The van der Waals surface area contributed by atoms with Gasteiger partial charge in [-0.1, -0.05) is 11.6 Å². The minimum atomic E-state index is -0.508. The Balaban J connectivity index is 1.67. The fourth-order valence-electron chi connectivity index (χ4n) is 2.53. The topological polar surface area (TPSA) is 77.8 Å². The predicted molar refractivity (Wildman–Crippen MR) is 108 cm³/mol. The maximum absolute atomic E-state index is 12.5. The van der Waals surface area contributed by atoms with E-state index in [1.54, 1.807) is 36.4 Å². The number of hydrogen-bond acceptors (Lipinski definition) is 6. The minimum Gasteiger partial charge on any atom is -0.485 e. The first kappa shape index (κ1) is 20.0. The number of carbonyl (C=O) groups is 2. The summed E-state index contributed by atoms with van der Waals surface area (Å²) < 4.78 is 16.0. The highest BCUT2D eigenvalue weighted by molar-refractivity contribution is 7.16. The molecule has 0 aliphatic rings. The third-order valence-corrected chi connectivity index (χ3v) is 5.08. The van der Waals surface area contributed by atoms with Gasteiger partial charge in [-0.15, -0.1) is 11.3 Å².